The van der Waals surface area contributed by atoms with Crippen LogP contribution in [0.25, 0.3) is 0 Å². The zero-order valence-corrected chi connectivity index (χ0v) is 14.0. The maximum Gasteiger partial charge on any atom is 0.374 e. The predicted octanol–water partition coefficient (Wildman–Crippen LogP) is 2.80. The van der Waals surface area contributed by atoms with E-state index in [-0.39, 0.29) is 28.5 Å². The van der Waals surface area contributed by atoms with Crippen LogP contribution in [0.1, 0.15) is 24.4 Å². The molecule has 0 bridgehead atoms. The first-order valence-corrected chi connectivity index (χ1v) is 8.81. The van der Waals surface area contributed by atoms with E-state index in [1.54, 1.807) is 0 Å². The van der Waals surface area contributed by atoms with E-state index in [2.05, 4.69) is 15.9 Å². The number of hydrogen-bond acceptors (Lipinski definition) is 6. The van der Waals surface area contributed by atoms with Crippen molar-refractivity contribution in [1.82, 2.24) is 0 Å². The fourth-order valence-corrected chi connectivity index (χ4v) is 3.24. The molecular formula is C11H14BrClO6S. The molecule has 0 aromatic carbocycles. The molecule has 0 radical (unpaired) electrons. The van der Waals surface area contributed by atoms with Crippen molar-refractivity contribution in [3.8, 4) is 0 Å². The molecule has 114 valence electrons. The highest BCUT2D eigenvalue weighted by atomic mass is 79.9. The summed E-state index contributed by atoms with van der Waals surface area (Å²) in [6.07, 6.45) is 0. The number of furan rings is 1. The molecule has 1 heterocycles. The van der Waals surface area contributed by atoms with Crippen molar-refractivity contribution in [2.24, 2.45) is 5.92 Å². The van der Waals surface area contributed by atoms with Crippen LogP contribution in [0.5, 0.6) is 0 Å². The molecule has 0 atom stereocenters. The van der Waals surface area contributed by atoms with Crippen LogP contribution in [0, 0.1) is 5.92 Å². The van der Waals surface area contributed by atoms with Crippen LogP contribution in [0.2, 0.25) is 0 Å². The Morgan fingerprint density at radius 1 is 1.45 bits per heavy atom. The maximum absolute atomic E-state index is 11.6. The van der Waals surface area contributed by atoms with Gasteiger partial charge >= 0.3 is 5.97 Å². The number of rotatable bonds is 7. The van der Waals surface area contributed by atoms with E-state index in [9.17, 15) is 13.2 Å². The normalized spacial score (nSPS) is 11.8. The molecule has 0 aliphatic heterocycles. The van der Waals surface area contributed by atoms with Crippen molar-refractivity contribution in [3.05, 3.63) is 16.5 Å². The summed E-state index contributed by atoms with van der Waals surface area (Å²) in [6.45, 7) is 4.87. The fourth-order valence-electron chi connectivity index (χ4n) is 1.20. The van der Waals surface area contributed by atoms with Gasteiger partial charge in [-0.2, -0.15) is 0 Å². The molecule has 0 saturated carbocycles. The van der Waals surface area contributed by atoms with Crippen LogP contribution in [-0.2, 0) is 18.5 Å². The monoisotopic (exact) mass is 388 g/mol. The average Bonchev–Trinajstić information content (AvgIpc) is 2.70. The number of halogens is 2. The Labute approximate surface area is 129 Å². The summed E-state index contributed by atoms with van der Waals surface area (Å²) in [5.41, 5.74) is 0. The second-order valence-electron chi connectivity index (χ2n) is 4.29. The topological polar surface area (TPSA) is 82.8 Å². The summed E-state index contributed by atoms with van der Waals surface area (Å²) < 4.78 is 37.2. The summed E-state index contributed by atoms with van der Waals surface area (Å²) in [6, 6.07) is 1.00. The van der Waals surface area contributed by atoms with Crippen molar-refractivity contribution in [2.45, 2.75) is 18.7 Å². The van der Waals surface area contributed by atoms with Gasteiger partial charge in [0.25, 0.3) is 9.05 Å². The largest absolute Gasteiger partial charge is 0.457 e. The Kier molecular flexibility index (Phi) is 6.50. The smallest absolute Gasteiger partial charge is 0.374 e. The molecule has 0 amide bonds. The van der Waals surface area contributed by atoms with Gasteiger partial charge in [0.15, 0.2) is 4.67 Å². The second kappa shape index (κ2) is 7.44. The summed E-state index contributed by atoms with van der Waals surface area (Å²) >= 11 is 2.87. The SMILES string of the molecule is CC(C)COCCOC(=O)c1cc(S(=O)(=O)Cl)c(Br)o1. The minimum absolute atomic E-state index is 0.0484. The molecule has 0 saturated heterocycles. The lowest BCUT2D eigenvalue weighted by atomic mass is 10.2. The van der Waals surface area contributed by atoms with Crippen molar-refractivity contribution in [3.63, 3.8) is 0 Å². The van der Waals surface area contributed by atoms with Gasteiger partial charge in [0.05, 0.1) is 6.61 Å². The van der Waals surface area contributed by atoms with Gasteiger partial charge in [-0.3, -0.25) is 0 Å². The quantitative estimate of drug-likeness (QED) is 0.405. The molecule has 0 spiro atoms. The van der Waals surface area contributed by atoms with Gasteiger partial charge < -0.3 is 13.9 Å². The first-order valence-electron chi connectivity index (χ1n) is 5.70. The zero-order valence-electron chi connectivity index (χ0n) is 10.9. The fraction of sp³-hybridized carbons (Fsp3) is 0.545. The molecule has 20 heavy (non-hydrogen) atoms. The van der Waals surface area contributed by atoms with Crippen molar-refractivity contribution in [1.29, 1.82) is 0 Å². The zero-order chi connectivity index (χ0) is 15.3. The van der Waals surface area contributed by atoms with Gasteiger partial charge in [0, 0.05) is 23.4 Å². The van der Waals surface area contributed by atoms with Crippen molar-refractivity contribution in [2.75, 3.05) is 19.8 Å². The molecule has 1 aromatic rings. The van der Waals surface area contributed by atoms with Gasteiger partial charge in [-0.25, -0.2) is 13.2 Å². The maximum atomic E-state index is 11.6. The van der Waals surface area contributed by atoms with Crippen LogP contribution in [0.3, 0.4) is 0 Å². The van der Waals surface area contributed by atoms with Crippen LogP contribution < -0.4 is 0 Å². The molecule has 1 rings (SSSR count). The highest BCUT2D eigenvalue weighted by Gasteiger charge is 2.23. The van der Waals surface area contributed by atoms with Crippen molar-refractivity contribution < 1.29 is 27.1 Å². The van der Waals surface area contributed by atoms with Gasteiger partial charge in [-0.15, -0.1) is 0 Å². The number of ether oxygens (including phenoxy) is 2. The molecule has 1 aromatic heterocycles. The van der Waals surface area contributed by atoms with E-state index in [0.717, 1.165) is 6.07 Å². The van der Waals surface area contributed by atoms with Crippen LogP contribution in [-0.4, -0.2) is 34.2 Å². The molecule has 9 heteroatoms. The molecule has 0 unspecified atom stereocenters. The third kappa shape index (κ3) is 5.43. The van der Waals surface area contributed by atoms with Crippen LogP contribution in [0.15, 0.2) is 20.0 Å². The Morgan fingerprint density at radius 3 is 2.60 bits per heavy atom. The number of hydrogen-bond donors (Lipinski definition) is 0. The molecular weight excluding hydrogens is 376 g/mol. The number of carbonyl (C=O) groups is 1. The first-order chi connectivity index (χ1) is 9.21. The lowest BCUT2D eigenvalue weighted by Gasteiger charge is -2.06. The van der Waals surface area contributed by atoms with E-state index < -0.39 is 15.0 Å². The van der Waals surface area contributed by atoms with Crippen LogP contribution in [0.4, 0.5) is 0 Å². The molecule has 6 nitrogen and oxygen atoms in total. The van der Waals surface area contributed by atoms with Crippen LogP contribution >= 0.6 is 26.6 Å². The minimum Gasteiger partial charge on any atom is -0.457 e. The predicted molar refractivity (Wildman–Crippen MR) is 75.4 cm³/mol. The Morgan fingerprint density at radius 2 is 2.10 bits per heavy atom. The molecule has 0 fully saturated rings. The Balaban J connectivity index is 2.53. The van der Waals surface area contributed by atoms with E-state index in [1.165, 1.54) is 0 Å². The third-order valence-electron chi connectivity index (χ3n) is 2.03. The summed E-state index contributed by atoms with van der Waals surface area (Å²) in [4.78, 5) is 11.3. The average molecular weight is 390 g/mol. The summed E-state index contributed by atoms with van der Waals surface area (Å²) in [5, 5.41) is 0. The van der Waals surface area contributed by atoms with E-state index in [4.69, 9.17) is 24.6 Å². The van der Waals surface area contributed by atoms with Gasteiger partial charge in [0.1, 0.15) is 11.5 Å². The summed E-state index contributed by atoms with van der Waals surface area (Å²) in [5.74, 6) is -0.645. The van der Waals surface area contributed by atoms with Crippen molar-refractivity contribution >= 4 is 41.6 Å². The second-order valence-corrected chi connectivity index (χ2v) is 7.55. The van der Waals surface area contributed by atoms with Gasteiger partial charge in [-0.1, -0.05) is 13.8 Å². The minimum atomic E-state index is -3.99. The molecule has 0 N–H and O–H groups in total. The Hall–Kier alpha value is -0.570. The third-order valence-corrected chi connectivity index (χ3v) is 4.21. The number of esters is 1. The standard InChI is InChI=1S/C11H14BrClO6S/c1-7(2)6-17-3-4-18-11(14)8-5-9(10(12)19-8)20(13,15)16/h5,7H,3-4,6H2,1-2H3. The van der Waals surface area contributed by atoms with Gasteiger partial charge in [0.2, 0.25) is 5.76 Å². The highest BCUT2D eigenvalue weighted by Crippen LogP contribution is 2.28. The summed E-state index contributed by atoms with van der Waals surface area (Å²) in [7, 11) is 1.18. The number of carbonyl (C=O) groups excluding carboxylic acids is 1. The van der Waals surface area contributed by atoms with E-state index in [1.807, 2.05) is 13.8 Å². The Bertz CT molecular complexity index is 565. The first kappa shape index (κ1) is 17.5. The molecule has 0 aliphatic carbocycles. The van der Waals surface area contributed by atoms with E-state index in [0.29, 0.717) is 12.5 Å². The lowest BCUT2D eigenvalue weighted by molar-refractivity contribution is 0.0249. The lowest BCUT2D eigenvalue weighted by Crippen LogP contribution is -2.12. The van der Waals surface area contributed by atoms with Gasteiger partial charge in [-0.05, 0) is 21.8 Å². The van der Waals surface area contributed by atoms with E-state index >= 15 is 0 Å². The molecule has 0 aliphatic rings. The highest BCUT2D eigenvalue weighted by molar-refractivity contribution is 9.10.